The second-order valence-corrected chi connectivity index (χ2v) is 4.99. The number of hydrogen-bond acceptors (Lipinski definition) is 4. The van der Waals surface area contributed by atoms with Crippen molar-refractivity contribution in [2.75, 3.05) is 7.11 Å². The molecule has 102 valence electrons. The Bertz CT molecular complexity index is 771. The van der Waals surface area contributed by atoms with Gasteiger partial charge < -0.3 is 9.15 Å². The highest BCUT2D eigenvalue weighted by molar-refractivity contribution is 6.34. The van der Waals surface area contributed by atoms with Crippen LogP contribution < -0.4 is 0 Å². The van der Waals surface area contributed by atoms with E-state index in [1.165, 1.54) is 0 Å². The van der Waals surface area contributed by atoms with Gasteiger partial charge in [0.1, 0.15) is 17.5 Å². The van der Waals surface area contributed by atoms with Crippen molar-refractivity contribution >= 4 is 34.2 Å². The Morgan fingerprint density at radius 1 is 1.20 bits per heavy atom. The molecule has 0 aliphatic carbocycles. The number of nitrogens with zero attached hydrogens (tertiary/aromatic N) is 2. The van der Waals surface area contributed by atoms with Gasteiger partial charge in [-0.25, -0.2) is 9.97 Å². The van der Waals surface area contributed by atoms with E-state index < -0.39 is 0 Å². The standard InChI is InChI=1S/C14H10Cl2N2O2/c1-19-7-13-17-10(6-12(16)18-13)11-5-8-3-2-4-9(15)14(8)20-11/h2-6H,7H2,1H3. The van der Waals surface area contributed by atoms with Gasteiger partial charge in [0, 0.05) is 18.6 Å². The number of halogens is 2. The fourth-order valence-electron chi connectivity index (χ4n) is 1.94. The van der Waals surface area contributed by atoms with Crippen molar-refractivity contribution in [1.29, 1.82) is 0 Å². The minimum atomic E-state index is 0.286. The molecule has 0 N–H and O–H groups in total. The van der Waals surface area contributed by atoms with E-state index in [-0.39, 0.29) is 6.61 Å². The largest absolute Gasteiger partial charge is 0.453 e. The van der Waals surface area contributed by atoms with Crippen molar-refractivity contribution in [2.24, 2.45) is 0 Å². The predicted octanol–water partition coefficient (Wildman–Crippen LogP) is 4.34. The Morgan fingerprint density at radius 2 is 2.05 bits per heavy atom. The maximum absolute atomic E-state index is 6.10. The summed E-state index contributed by atoms with van der Waals surface area (Å²) in [4.78, 5) is 8.44. The number of benzene rings is 1. The second kappa shape index (κ2) is 5.40. The second-order valence-electron chi connectivity index (χ2n) is 4.19. The van der Waals surface area contributed by atoms with Gasteiger partial charge in [-0.15, -0.1) is 0 Å². The van der Waals surface area contributed by atoms with E-state index in [1.807, 2.05) is 18.2 Å². The number of hydrogen-bond donors (Lipinski definition) is 0. The number of furan rings is 1. The topological polar surface area (TPSA) is 48.2 Å². The highest BCUT2D eigenvalue weighted by Gasteiger charge is 2.12. The van der Waals surface area contributed by atoms with Crippen LogP contribution in [-0.2, 0) is 11.3 Å². The van der Waals surface area contributed by atoms with Gasteiger partial charge in [-0.05, 0) is 12.1 Å². The van der Waals surface area contributed by atoms with E-state index in [9.17, 15) is 0 Å². The van der Waals surface area contributed by atoms with Gasteiger partial charge in [0.25, 0.3) is 0 Å². The molecule has 4 nitrogen and oxygen atoms in total. The Labute approximate surface area is 125 Å². The Morgan fingerprint density at radius 3 is 2.80 bits per heavy atom. The van der Waals surface area contributed by atoms with Crippen LogP contribution in [0.4, 0.5) is 0 Å². The molecule has 0 bridgehead atoms. The molecule has 0 aliphatic rings. The molecule has 0 amide bonds. The Balaban J connectivity index is 2.12. The van der Waals surface area contributed by atoms with Crippen molar-refractivity contribution < 1.29 is 9.15 Å². The normalized spacial score (nSPS) is 11.2. The van der Waals surface area contributed by atoms with Crippen molar-refractivity contribution in [1.82, 2.24) is 9.97 Å². The zero-order chi connectivity index (χ0) is 14.1. The number of methoxy groups -OCH3 is 1. The highest BCUT2D eigenvalue weighted by atomic mass is 35.5. The van der Waals surface area contributed by atoms with Crippen molar-refractivity contribution in [2.45, 2.75) is 6.61 Å². The van der Waals surface area contributed by atoms with E-state index in [2.05, 4.69) is 9.97 Å². The summed E-state index contributed by atoms with van der Waals surface area (Å²) >= 11 is 12.1. The number of ether oxygens (including phenoxy) is 1. The quantitative estimate of drug-likeness (QED) is 0.675. The fourth-order valence-corrected chi connectivity index (χ4v) is 2.36. The van der Waals surface area contributed by atoms with Crippen LogP contribution in [0.5, 0.6) is 0 Å². The summed E-state index contributed by atoms with van der Waals surface area (Å²) in [6, 6.07) is 9.09. The van der Waals surface area contributed by atoms with Crippen LogP contribution in [0.2, 0.25) is 10.2 Å². The lowest BCUT2D eigenvalue weighted by Gasteiger charge is -2.02. The number of para-hydroxylation sites is 1. The molecular weight excluding hydrogens is 299 g/mol. The maximum Gasteiger partial charge on any atom is 0.156 e. The van der Waals surface area contributed by atoms with Crippen molar-refractivity contribution in [3.63, 3.8) is 0 Å². The smallest absolute Gasteiger partial charge is 0.156 e. The first-order valence-electron chi connectivity index (χ1n) is 5.88. The molecule has 0 unspecified atom stereocenters. The lowest BCUT2D eigenvalue weighted by atomic mass is 10.2. The van der Waals surface area contributed by atoms with E-state index >= 15 is 0 Å². The first-order chi connectivity index (χ1) is 9.67. The van der Waals surface area contributed by atoms with E-state index in [0.29, 0.717) is 33.0 Å². The highest BCUT2D eigenvalue weighted by Crippen LogP contribution is 2.31. The molecule has 0 saturated carbocycles. The zero-order valence-corrected chi connectivity index (χ0v) is 12.1. The van der Waals surface area contributed by atoms with Crippen LogP contribution in [0.1, 0.15) is 5.82 Å². The van der Waals surface area contributed by atoms with Crippen molar-refractivity contribution in [3.05, 3.63) is 46.3 Å². The third-order valence-corrected chi connectivity index (χ3v) is 3.25. The minimum Gasteiger partial charge on any atom is -0.453 e. The van der Waals surface area contributed by atoms with E-state index in [4.69, 9.17) is 32.4 Å². The van der Waals surface area contributed by atoms with Gasteiger partial charge in [0.15, 0.2) is 17.2 Å². The fraction of sp³-hybridized carbons (Fsp3) is 0.143. The van der Waals surface area contributed by atoms with Crippen LogP contribution in [-0.4, -0.2) is 17.1 Å². The molecule has 2 heterocycles. The SMILES string of the molecule is COCc1nc(Cl)cc(-c2cc3cccc(Cl)c3o2)n1. The molecule has 0 atom stereocenters. The summed E-state index contributed by atoms with van der Waals surface area (Å²) in [7, 11) is 1.57. The first kappa shape index (κ1) is 13.4. The van der Waals surface area contributed by atoms with E-state index in [0.717, 1.165) is 5.39 Å². The van der Waals surface area contributed by atoms with Crippen LogP contribution in [0, 0.1) is 0 Å². The average molecular weight is 309 g/mol. The molecule has 0 spiro atoms. The number of fused-ring (bicyclic) bond motifs is 1. The molecule has 20 heavy (non-hydrogen) atoms. The molecule has 1 aromatic carbocycles. The van der Waals surface area contributed by atoms with E-state index in [1.54, 1.807) is 19.2 Å². The molecule has 0 aliphatic heterocycles. The summed E-state index contributed by atoms with van der Waals surface area (Å²) in [5, 5.41) is 1.81. The number of rotatable bonds is 3. The minimum absolute atomic E-state index is 0.286. The van der Waals surface area contributed by atoms with Crippen LogP contribution in [0.3, 0.4) is 0 Å². The molecule has 0 radical (unpaired) electrons. The van der Waals surface area contributed by atoms with Gasteiger partial charge in [0.2, 0.25) is 0 Å². The molecule has 0 saturated heterocycles. The van der Waals surface area contributed by atoms with Gasteiger partial charge in [-0.1, -0.05) is 35.3 Å². The van der Waals surface area contributed by atoms with Gasteiger partial charge in [-0.3, -0.25) is 0 Å². The number of aromatic nitrogens is 2. The molecular formula is C14H10Cl2N2O2. The summed E-state index contributed by atoms with van der Waals surface area (Å²) < 4.78 is 10.8. The Kier molecular flexibility index (Phi) is 3.61. The lowest BCUT2D eigenvalue weighted by Crippen LogP contribution is -1.98. The Hall–Kier alpha value is -1.62. The molecule has 3 aromatic rings. The van der Waals surface area contributed by atoms with Crippen LogP contribution >= 0.6 is 23.2 Å². The summed E-state index contributed by atoms with van der Waals surface area (Å²) in [6.07, 6.45) is 0. The van der Waals surface area contributed by atoms with Crippen LogP contribution in [0.15, 0.2) is 34.7 Å². The third kappa shape index (κ3) is 2.50. The van der Waals surface area contributed by atoms with Crippen molar-refractivity contribution in [3.8, 4) is 11.5 Å². The van der Waals surface area contributed by atoms with Gasteiger partial charge in [-0.2, -0.15) is 0 Å². The summed E-state index contributed by atoms with van der Waals surface area (Å²) in [6.45, 7) is 0.286. The molecule has 3 rings (SSSR count). The predicted molar refractivity (Wildman–Crippen MR) is 78.0 cm³/mol. The third-order valence-electron chi connectivity index (χ3n) is 2.76. The molecule has 0 fully saturated rings. The maximum atomic E-state index is 6.10. The lowest BCUT2D eigenvalue weighted by molar-refractivity contribution is 0.178. The van der Waals surface area contributed by atoms with Gasteiger partial charge in [0.05, 0.1) is 5.02 Å². The zero-order valence-electron chi connectivity index (χ0n) is 10.6. The summed E-state index contributed by atoms with van der Waals surface area (Å²) in [5.74, 6) is 1.09. The van der Waals surface area contributed by atoms with Gasteiger partial charge >= 0.3 is 0 Å². The molecule has 6 heteroatoms. The summed E-state index contributed by atoms with van der Waals surface area (Å²) in [5.41, 5.74) is 1.23. The average Bonchev–Trinajstić information content (AvgIpc) is 2.84. The monoisotopic (exact) mass is 308 g/mol. The molecule has 2 aromatic heterocycles. The van der Waals surface area contributed by atoms with Crippen LogP contribution in [0.25, 0.3) is 22.4 Å². The first-order valence-corrected chi connectivity index (χ1v) is 6.64.